The maximum absolute atomic E-state index is 13.3. The molecule has 2 N–H and O–H groups in total. The van der Waals surface area contributed by atoms with E-state index < -0.39 is 0 Å². The molecule has 1 heterocycles. The summed E-state index contributed by atoms with van der Waals surface area (Å²) in [6.07, 6.45) is 9.67. The molecule has 1 aromatic heterocycles. The van der Waals surface area contributed by atoms with Crippen LogP contribution in [0.3, 0.4) is 0 Å². The number of benzene rings is 1. The van der Waals surface area contributed by atoms with Gasteiger partial charge < -0.3 is 14.2 Å². The first-order valence-electron chi connectivity index (χ1n) is 12.5. The van der Waals surface area contributed by atoms with E-state index in [1.54, 1.807) is 4.57 Å². The molecule has 0 saturated heterocycles. The first-order valence-corrected chi connectivity index (χ1v) is 12.5. The summed E-state index contributed by atoms with van der Waals surface area (Å²) in [5.74, 6) is 0.929. The van der Waals surface area contributed by atoms with Gasteiger partial charge in [-0.1, -0.05) is 81.1 Å². The average Bonchev–Trinajstić information content (AvgIpc) is 3.04. The number of imidazole rings is 1. The largest absolute Gasteiger partial charge is 0.507 e. The Morgan fingerprint density at radius 1 is 0.909 bits per heavy atom. The molecule has 0 aliphatic carbocycles. The summed E-state index contributed by atoms with van der Waals surface area (Å²) in [6, 6.07) is 3.66. The van der Waals surface area contributed by atoms with E-state index in [1.807, 2.05) is 70.6 Å². The third-order valence-electron chi connectivity index (χ3n) is 6.50. The molecule has 5 nitrogen and oxygen atoms in total. The fourth-order valence-corrected chi connectivity index (χ4v) is 4.53. The Kier molecular flexibility index (Phi) is 8.78. The average molecular weight is 456 g/mol. The molecule has 33 heavy (non-hydrogen) atoms. The molecule has 0 spiro atoms. The van der Waals surface area contributed by atoms with Gasteiger partial charge in [-0.2, -0.15) is 0 Å². The monoisotopic (exact) mass is 455 g/mol. The van der Waals surface area contributed by atoms with Gasteiger partial charge in [0, 0.05) is 35.6 Å². The van der Waals surface area contributed by atoms with E-state index >= 15 is 0 Å². The number of hydrogen-bond acceptors (Lipinski definition) is 3. The lowest BCUT2D eigenvalue weighted by atomic mass is 9.78. The molecule has 0 amide bonds. The maximum Gasteiger partial charge on any atom is 0.202 e. The van der Waals surface area contributed by atoms with Crippen LogP contribution in [0.5, 0.6) is 5.75 Å². The molecule has 0 aliphatic heterocycles. The molecular formula is C28H45N3O2. The molecule has 0 fully saturated rings. The first kappa shape index (κ1) is 26.9. The fourth-order valence-electron chi connectivity index (χ4n) is 4.53. The lowest BCUT2D eigenvalue weighted by Gasteiger charge is -2.28. The van der Waals surface area contributed by atoms with Crippen LogP contribution in [0.4, 0.5) is 0 Å². The summed E-state index contributed by atoms with van der Waals surface area (Å²) in [6.45, 7) is 17.7. The highest BCUT2D eigenvalue weighted by molar-refractivity contribution is 5.96. The number of aromatic hydroxyl groups is 1. The summed E-state index contributed by atoms with van der Waals surface area (Å²) >= 11 is 0. The number of aryl methyl sites for hydroxylation is 1. The smallest absolute Gasteiger partial charge is 0.202 e. The van der Waals surface area contributed by atoms with E-state index in [-0.39, 0.29) is 28.9 Å². The Hall–Kier alpha value is -2.30. The molecule has 0 saturated carbocycles. The summed E-state index contributed by atoms with van der Waals surface area (Å²) in [5.41, 5.74) is 1.94. The van der Waals surface area contributed by atoms with E-state index in [2.05, 4.69) is 13.8 Å². The number of rotatable bonds is 10. The molecule has 0 aliphatic rings. The molecule has 0 radical (unpaired) electrons. The minimum atomic E-state index is -0.287. The zero-order valence-electron chi connectivity index (χ0n) is 22.1. The number of nitrogens with zero attached hydrogens (tertiary/aromatic N) is 2. The second-order valence-electron chi connectivity index (χ2n) is 11.5. The fraction of sp³-hybridized carbons (Fsp3) is 0.643. The number of ketones is 1. The Balaban J connectivity index is 2.28. The van der Waals surface area contributed by atoms with Gasteiger partial charge in [-0.15, -0.1) is 0 Å². The third-order valence-corrected chi connectivity index (χ3v) is 6.50. The van der Waals surface area contributed by atoms with Crippen molar-refractivity contribution in [2.24, 2.45) is 5.92 Å². The topological polar surface area (TPSA) is 71.0 Å². The van der Waals surface area contributed by atoms with Crippen molar-refractivity contribution in [2.45, 2.75) is 111 Å². The van der Waals surface area contributed by atoms with Crippen molar-refractivity contribution in [3.63, 3.8) is 0 Å². The van der Waals surface area contributed by atoms with Gasteiger partial charge >= 0.3 is 0 Å². The molecule has 2 rings (SSSR count). The van der Waals surface area contributed by atoms with Crippen molar-refractivity contribution < 1.29 is 9.90 Å². The molecule has 1 aromatic carbocycles. The number of carbonyl (C=O) groups is 1. The van der Waals surface area contributed by atoms with Crippen LogP contribution in [0.15, 0.2) is 24.5 Å². The van der Waals surface area contributed by atoms with E-state index in [1.165, 1.54) is 25.7 Å². The van der Waals surface area contributed by atoms with Gasteiger partial charge in [0.05, 0.1) is 6.54 Å². The third kappa shape index (κ3) is 6.84. The number of phenolic OH excluding ortho intramolecular Hbond substituents is 1. The van der Waals surface area contributed by atoms with Gasteiger partial charge in [0.1, 0.15) is 5.75 Å². The van der Waals surface area contributed by atoms with E-state index in [0.29, 0.717) is 17.1 Å². The minimum Gasteiger partial charge on any atom is -0.507 e. The van der Waals surface area contributed by atoms with Crippen molar-refractivity contribution in [3.8, 4) is 5.75 Å². The van der Waals surface area contributed by atoms with Gasteiger partial charge in [-0.3, -0.25) is 10.2 Å². The molecule has 184 valence electrons. The molecule has 0 bridgehead atoms. The lowest BCUT2D eigenvalue weighted by Crippen LogP contribution is -2.28. The zero-order chi connectivity index (χ0) is 25.0. The number of hydrogen-bond donors (Lipinski definition) is 2. The Morgan fingerprint density at radius 3 is 1.85 bits per heavy atom. The molecule has 0 atom stereocenters. The lowest BCUT2D eigenvalue weighted by molar-refractivity contribution is 0.0969. The minimum absolute atomic E-state index is 0.0444. The highest BCUT2D eigenvalue weighted by Gasteiger charge is 2.28. The van der Waals surface area contributed by atoms with Crippen LogP contribution >= 0.6 is 0 Å². The van der Waals surface area contributed by atoms with Gasteiger partial charge in [-0.05, 0) is 35.3 Å². The summed E-state index contributed by atoms with van der Waals surface area (Å²) in [5, 5.41) is 19.5. The number of phenols is 1. The first-order chi connectivity index (χ1) is 15.3. The second kappa shape index (κ2) is 10.8. The van der Waals surface area contributed by atoms with Gasteiger partial charge in [0.2, 0.25) is 5.62 Å². The van der Waals surface area contributed by atoms with Gasteiger partial charge in [-0.25, -0.2) is 0 Å². The molecule has 2 aromatic rings. The van der Waals surface area contributed by atoms with Crippen LogP contribution < -0.4 is 5.62 Å². The highest BCUT2D eigenvalue weighted by Crippen LogP contribution is 2.39. The van der Waals surface area contributed by atoms with Crippen molar-refractivity contribution in [2.75, 3.05) is 0 Å². The Bertz CT molecular complexity index is 958. The second-order valence-corrected chi connectivity index (χ2v) is 11.5. The molecule has 0 unspecified atom stereocenters. The van der Waals surface area contributed by atoms with E-state index in [9.17, 15) is 9.90 Å². The van der Waals surface area contributed by atoms with Gasteiger partial charge in [0.15, 0.2) is 5.78 Å². The van der Waals surface area contributed by atoms with E-state index in [0.717, 1.165) is 24.1 Å². The number of aromatic nitrogens is 2. The van der Waals surface area contributed by atoms with Gasteiger partial charge in [0.25, 0.3) is 0 Å². The quantitative estimate of drug-likeness (QED) is 0.398. The van der Waals surface area contributed by atoms with Crippen LogP contribution in [0.25, 0.3) is 0 Å². The Labute approximate surface area is 200 Å². The molecular weight excluding hydrogens is 410 g/mol. The molecule has 5 heteroatoms. The Morgan fingerprint density at radius 2 is 1.39 bits per heavy atom. The summed E-state index contributed by atoms with van der Waals surface area (Å²) in [7, 11) is 0. The van der Waals surface area contributed by atoms with Crippen LogP contribution in [0.2, 0.25) is 0 Å². The van der Waals surface area contributed by atoms with Crippen molar-refractivity contribution in [3.05, 3.63) is 46.8 Å². The predicted molar refractivity (Wildman–Crippen MR) is 136 cm³/mol. The maximum atomic E-state index is 13.3. The number of Topliss-reactive ketones (excluding diaryl/α,β-unsaturated/α-hetero) is 1. The van der Waals surface area contributed by atoms with Crippen LogP contribution in [0.1, 0.15) is 109 Å². The summed E-state index contributed by atoms with van der Waals surface area (Å²) in [4.78, 5) is 13.3. The van der Waals surface area contributed by atoms with Crippen molar-refractivity contribution in [1.82, 2.24) is 9.13 Å². The normalized spacial score (nSPS) is 12.5. The number of nitrogens with one attached hydrogen (secondary N) is 1. The predicted octanol–water partition coefficient (Wildman–Crippen LogP) is 6.56. The highest BCUT2D eigenvalue weighted by atomic mass is 16.3. The standard InChI is InChI=1S/C28H45N3O2/c1-9-11-20(12-10-2)13-14-30-15-16-31(26(30)29)19-24(32)21-17-22(27(3,4)5)25(33)23(18-21)28(6,7)8/h15-18,20,29,33H,9-14,19H2,1-8H3. The van der Waals surface area contributed by atoms with Crippen molar-refractivity contribution >= 4 is 5.78 Å². The van der Waals surface area contributed by atoms with Crippen LogP contribution in [-0.4, -0.2) is 20.0 Å². The van der Waals surface area contributed by atoms with Crippen LogP contribution in [0, 0.1) is 11.3 Å². The number of carbonyl (C=O) groups excluding carboxylic acids is 1. The zero-order valence-corrected chi connectivity index (χ0v) is 22.1. The van der Waals surface area contributed by atoms with Crippen LogP contribution in [-0.2, 0) is 23.9 Å². The SMILES string of the molecule is CCCC(CCC)CCn1ccn(CC(=O)c2cc(C(C)(C)C)c(O)c(C(C)(C)C)c2)c1=N. The van der Waals surface area contributed by atoms with E-state index in [4.69, 9.17) is 5.41 Å². The summed E-state index contributed by atoms with van der Waals surface area (Å²) < 4.78 is 3.67. The van der Waals surface area contributed by atoms with Crippen molar-refractivity contribution in [1.29, 1.82) is 5.41 Å².